The topological polar surface area (TPSA) is 94.1 Å². The molecule has 2 aromatic carbocycles. The Labute approximate surface area is 144 Å². The second-order valence-corrected chi connectivity index (χ2v) is 7.43. The van der Waals surface area contributed by atoms with Gasteiger partial charge in [-0.3, -0.25) is 4.72 Å². The average molecular weight is 367 g/mol. The summed E-state index contributed by atoms with van der Waals surface area (Å²) in [5.74, 6) is 0. The quantitative estimate of drug-likeness (QED) is 0.344. The van der Waals surface area contributed by atoms with Gasteiger partial charge in [0.05, 0.1) is 30.7 Å². The first-order chi connectivity index (χ1) is 11.5. The molecule has 1 heterocycles. The first kappa shape index (κ1) is 17.3. The van der Waals surface area contributed by atoms with Gasteiger partial charge < -0.3 is 9.68 Å². The van der Waals surface area contributed by atoms with Gasteiger partial charge in [0.2, 0.25) is 0 Å². The highest BCUT2D eigenvalue weighted by molar-refractivity contribution is 7.94. The molecule has 2 aromatic rings. The SMILES string of the molecule is COOSc1cccc(S(=O)(=O)Nc2ccc3c(c2)B(O)OC3)c1. The molecule has 0 aromatic heterocycles. The standard InChI is InChI=1S/C14H14BNO6S2/c1-20-22-23-12-3-2-4-13(8-12)24(18,19)16-11-6-5-10-9-21-15(17)14(10)7-11/h2-8,16-17H,9H2,1H3. The fourth-order valence-corrected chi connectivity index (χ4v) is 3.88. The van der Waals surface area contributed by atoms with Crippen molar-refractivity contribution >= 4 is 40.3 Å². The molecule has 0 saturated heterocycles. The van der Waals surface area contributed by atoms with E-state index in [0.717, 1.165) is 17.6 Å². The molecule has 126 valence electrons. The number of nitrogens with one attached hydrogen (secondary N) is 1. The van der Waals surface area contributed by atoms with Crippen LogP contribution in [-0.4, -0.2) is 27.7 Å². The molecule has 3 rings (SSSR count). The smallest absolute Gasteiger partial charge is 0.423 e. The maximum absolute atomic E-state index is 12.5. The number of hydrogen-bond acceptors (Lipinski definition) is 7. The van der Waals surface area contributed by atoms with Crippen molar-refractivity contribution < 1.29 is 27.3 Å². The van der Waals surface area contributed by atoms with Crippen LogP contribution in [0.15, 0.2) is 52.3 Å². The zero-order valence-electron chi connectivity index (χ0n) is 12.6. The van der Waals surface area contributed by atoms with Gasteiger partial charge in [-0.25, -0.2) is 13.3 Å². The number of anilines is 1. The van der Waals surface area contributed by atoms with E-state index in [1.54, 1.807) is 30.3 Å². The van der Waals surface area contributed by atoms with Gasteiger partial charge in [-0.1, -0.05) is 12.1 Å². The summed E-state index contributed by atoms with van der Waals surface area (Å²) in [5.41, 5.74) is 1.75. The van der Waals surface area contributed by atoms with E-state index >= 15 is 0 Å². The highest BCUT2D eigenvalue weighted by Crippen LogP contribution is 2.24. The van der Waals surface area contributed by atoms with E-state index in [0.29, 0.717) is 22.7 Å². The minimum atomic E-state index is -3.78. The van der Waals surface area contributed by atoms with Crippen molar-refractivity contribution in [3.63, 3.8) is 0 Å². The van der Waals surface area contributed by atoms with Crippen LogP contribution >= 0.6 is 12.0 Å². The molecule has 1 aliphatic heterocycles. The minimum absolute atomic E-state index is 0.0875. The van der Waals surface area contributed by atoms with E-state index in [9.17, 15) is 13.4 Å². The second-order valence-electron chi connectivity index (χ2n) is 4.98. The molecule has 0 bridgehead atoms. The lowest BCUT2D eigenvalue weighted by atomic mass is 9.79. The van der Waals surface area contributed by atoms with E-state index in [1.807, 2.05) is 0 Å². The molecule has 0 radical (unpaired) electrons. The van der Waals surface area contributed by atoms with Gasteiger partial charge in [-0.2, -0.15) is 4.33 Å². The molecule has 7 nitrogen and oxygen atoms in total. The summed E-state index contributed by atoms with van der Waals surface area (Å²) in [6.45, 7) is 0.308. The number of rotatable bonds is 6. The molecule has 24 heavy (non-hydrogen) atoms. The highest BCUT2D eigenvalue weighted by atomic mass is 32.2. The van der Waals surface area contributed by atoms with Crippen LogP contribution in [0.5, 0.6) is 0 Å². The third-order valence-electron chi connectivity index (χ3n) is 3.37. The molecule has 10 heteroatoms. The Balaban J connectivity index is 1.83. The van der Waals surface area contributed by atoms with Gasteiger partial charge in [0.25, 0.3) is 10.0 Å². The number of benzene rings is 2. The Kier molecular flexibility index (Phi) is 5.14. The van der Waals surface area contributed by atoms with Crippen molar-refractivity contribution in [1.82, 2.24) is 0 Å². The average Bonchev–Trinajstić information content (AvgIpc) is 2.94. The molecular formula is C14H14BNO6S2. The third-order valence-corrected chi connectivity index (χ3v) is 5.40. The van der Waals surface area contributed by atoms with Gasteiger partial charge >= 0.3 is 7.12 Å². The highest BCUT2D eigenvalue weighted by Gasteiger charge is 2.27. The molecule has 0 saturated carbocycles. The molecule has 0 unspecified atom stereocenters. The van der Waals surface area contributed by atoms with E-state index in [2.05, 4.69) is 9.61 Å². The molecular weight excluding hydrogens is 353 g/mol. The Hall–Kier alpha value is -1.56. The molecule has 0 spiro atoms. The Bertz CT molecular complexity index is 845. The first-order valence-electron chi connectivity index (χ1n) is 6.92. The first-order valence-corrected chi connectivity index (χ1v) is 9.15. The second kappa shape index (κ2) is 7.13. The van der Waals surface area contributed by atoms with Gasteiger partial charge in [0, 0.05) is 10.6 Å². The van der Waals surface area contributed by atoms with Crippen LogP contribution in [0.1, 0.15) is 5.56 Å². The van der Waals surface area contributed by atoms with Crippen molar-refractivity contribution in [1.29, 1.82) is 0 Å². The van der Waals surface area contributed by atoms with Crippen LogP contribution in [0, 0.1) is 0 Å². The van der Waals surface area contributed by atoms with Gasteiger partial charge in [-0.05, 0) is 41.4 Å². The van der Waals surface area contributed by atoms with E-state index in [1.165, 1.54) is 19.2 Å². The number of fused-ring (bicyclic) bond motifs is 1. The van der Waals surface area contributed by atoms with Crippen molar-refractivity contribution in [2.45, 2.75) is 16.4 Å². The molecule has 0 aliphatic carbocycles. The summed E-state index contributed by atoms with van der Waals surface area (Å²) in [4.78, 5) is 5.15. The van der Waals surface area contributed by atoms with E-state index in [4.69, 9.17) is 8.99 Å². The maximum atomic E-state index is 12.5. The van der Waals surface area contributed by atoms with Crippen LogP contribution in [-0.2, 0) is 30.5 Å². The number of hydrogen-bond donors (Lipinski definition) is 2. The predicted octanol–water partition coefficient (Wildman–Crippen LogP) is 1.29. The lowest BCUT2D eigenvalue weighted by Crippen LogP contribution is -2.28. The van der Waals surface area contributed by atoms with Crippen LogP contribution < -0.4 is 10.2 Å². The summed E-state index contributed by atoms with van der Waals surface area (Å²) >= 11 is 0.910. The number of sulfonamides is 1. The lowest BCUT2D eigenvalue weighted by Gasteiger charge is -2.10. The lowest BCUT2D eigenvalue weighted by molar-refractivity contribution is -0.160. The molecule has 2 N–H and O–H groups in total. The maximum Gasteiger partial charge on any atom is 0.491 e. The summed E-state index contributed by atoms with van der Waals surface area (Å²) in [6, 6.07) is 11.2. The fourth-order valence-electron chi connectivity index (χ4n) is 2.26. The Morgan fingerprint density at radius 1 is 1.29 bits per heavy atom. The minimum Gasteiger partial charge on any atom is -0.423 e. The van der Waals surface area contributed by atoms with Gasteiger partial charge in [0.1, 0.15) is 0 Å². The summed E-state index contributed by atoms with van der Waals surface area (Å²) < 4.78 is 37.4. The van der Waals surface area contributed by atoms with E-state index in [-0.39, 0.29) is 4.90 Å². The summed E-state index contributed by atoms with van der Waals surface area (Å²) in [6.07, 6.45) is 0. The summed E-state index contributed by atoms with van der Waals surface area (Å²) in [7, 11) is -3.45. The zero-order valence-corrected chi connectivity index (χ0v) is 14.3. The van der Waals surface area contributed by atoms with Crippen molar-refractivity contribution in [3.8, 4) is 0 Å². The van der Waals surface area contributed by atoms with Crippen LogP contribution in [0.2, 0.25) is 0 Å². The third kappa shape index (κ3) is 3.74. The Morgan fingerprint density at radius 2 is 2.12 bits per heavy atom. The monoisotopic (exact) mass is 367 g/mol. The van der Waals surface area contributed by atoms with Crippen molar-refractivity contribution in [2.24, 2.45) is 0 Å². The van der Waals surface area contributed by atoms with Crippen LogP contribution in [0.4, 0.5) is 5.69 Å². The fraction of sp³-hybridized carbons (Fsp3) is 0.143. The van der Waals surface area contributed by atoms with Gasteiger partial charge in [0.15, 0.2) is 0 Å². The molecule has 0 atom stereocenters. The van der Waals surface area contributed by atoms with Crippen LogP contribution in [0.3, 0.4) is 0 Å². The van der Waals surface area contributed by atoms with Crippen molar-refractivity contribution in [3.05, 3.63) is 48.0 Å². The van der Waals surface area contributed by atoms with Crippen molar-refractivity contribution in [2.75, 3.05) is 11.8 Å². The summed E-state index contributed by atoms with van der Waals surface area (Å²) in [5, 5.41) is 9.71. The molecule has 1 aliphatic rings. The zero-order chi connectivity index (χ0) is 17.2. The van der Waals surface area contributed by atoms with Gasteiger partial charge in [-0.15, -0.1) is 0 Å². The van der Waals surface area contributed by atoms with Crippen LogP contribution in [0.25, 0.3) is 0 Å². The molecule has 0 amide bonds. The molecule has 0 fully saturated rings. The normalized spacial score (nSPS) is 13.8. The largest absolute Gasteiger partial charge is 0.491 e. The predicted molar refractivity (Wildman–Crippen MR) is 90.0 cm³/mol. The Morgan fingerprint density at radius 3 is 2.92 bits per heavy atom. The van der Waals surface area contributed by atoms with E-state index < -0.39 is 17.1 Å².